The Labute approximate surface area is 211 Å². The second kappa shape index (κ2) is 15.0. The molecule has 1 rings (SSSR count). The van der Waals surface area contributed by atoms with Crippen molar-refractivity contribution in [3.63, 3.8) is 0 Å². The normalized spacial score (nSPS) is 13.8. The maximum atomic E-state index is 13.6. The Morgan fingerprint density at radius 3 is 2.35 bits per heavy atom. The predicted molar refractivity (Wildman–Crippen MR) is 120 cm³/mol. The van der Waals surface area contributed by atoms with Crippen LogP contribution in [0.15, 0.2) is 6.20 Å². The quantitative estimate of drug-likeness (QED) is 0.0540. The highest BCUT2D eigenvalue weighted by atomic mass is 127. The van der Waals surface area contributed by atoms with Gasteiger partial charge in [0.2, 0.25) is 0 Å². The molecule has 0 spiro atoms. The number of rotatable bonds is 16. The fourth-order valence-electron chi connectivity index (χ4n) is 2.80. The Morgan fingerprint density at radius 2 is 1.87 bits per heavy atom. The lowest BCUT2D eigenvalue weighted by atomic mass is 10.2. The molecule has 0 aromatic carbocycles. The highest BCUT2D eigenvalue weighted by molar-refractivity contribution is 7.54. The molecule has 1 N–H and O–H groups in total. The molecule has 14 heteroatoms. The van der Waals surface area contributed by atoms with Crippen molar-refractivity contribution in [2.75, 3.05) is 59.1 Å². The van der Waals surface area contributed by atoms with Crippen LogP contribution in [-0.4, -0.2) is 82.7 Å². The molecule has 0 saturated heterocycles. The van der Waals surface area contributed by atoms with Gasteiger partial charge in [-0.05, 0) is 24.2 Å². The van der Waals surface area contributed by atoms with Crippen molar-refractivity contribution >= 4 is 36.8 Å². The molecule has 10 nitrogen and oxygen atoms in total. The first kappa shape index (κ1) is 31.0. The highest BCUT2D eigenvalue weighted by Crippen LogP contribution is 2.47. The predicted octanol–water partition coefficient (Wildman–Crippen LogP) is 0.203. The Hall–Kier alpha value is -0.0100. The van der Waals surface area contributed by atoms with Crippen LogP contribution in [0.1, 0.15) is 25.0 Å². The zero-order valence-corrected chi connectivity index (χ0v) is 23.2. The molecule has 0 bridgehead atoms. The van der Waals surface area contributed by atoms with Gasteiger partial charge in [0, 0.05) is 31.4 Å². The van der Waals surface area contributed by atoms with E-state index < -0.39 is 12.6 Å². The molecule has 0 aliphatic carbocycles. The van der Waals surface area contributed by atoms with Gasteiger partial charge in [-0.3, -0.25) is 9.09 Å². The monoisotopic (exact) mass is 614 g/mol. The van der Waals surface area contributed by atoms with Gasteiger partial charge in [0.05, 0.1) is 34.7 Å². The fraction of sp³-hybridized carbons (Fsp3) is 0.824. The summed E-state index contributed by atoms with van der Waals surface area (Å²) in [6, 6.07) is 0. The summed E-state index contributed by atoms with van der Waals surface area (Å²) in [7, 11) is 4.53. The van der Waals surface area contributed by atoms with E-state index in [0.29, 0.717) is 25.3 Å². The van der Waals surface area contributed by atoms with Crippen LogP contribution in [0.3, 0.4) is 0 Å². The van der Waals surface area contributed by atoms with E-state index in [0.717, 1.165) is 30.3 Å². The van der Waals surface area contributed by atoms with Crippen molar-refractivity contribution in [2.45, 2.75) is 25.9 Å². The van der Waals surface area contributed by atoms with Gasteiger partial charge < -0.3 is 38.6 Å². The van der Waals surface area contributed by atoms with Gasteiger partial charge >= 0.3 is 13.6 Å². The Kier molecular flexibility index (Phi) is 15.0. The third-order valence-corrected chi connectivity index (χ3v) is 7.07. The largest absolute Gasteiger partial charge is 1.00 e. The van der Waals surface area contributed by atoms with Crippen LogP contribution in [0.4, 0.5) is 5.95 Å². The average molecular weight is 615 g/mol. The second-order valence-electron chi connectivity index (χ2n) is 7.97. The van der Waals surface area contributed by atoms with Crippen molar-refractivity contribution in [3.8, 4) is 0 Å². The zero-order valence-electron chi connectivity index (χ0n) is 18.6. The molecule has 1 aromatic heterocycles. The van der Waals surface area contributed by atoms with Gasteiger partial charge in [0.25, 0.3) is 0 Å². The summed E-state index contributed by atoms with van der Waals surface area (Å²) >= 11 is 11.8. The number of nitrogens with zero attached hydrogens (tertiary/aromatic N) is 5. The Balaban J connectivity index is 0.00000900. The number of hydrogen-bond acceptors (Lipinski definition) is 5. The van der Waals surface area contributed by atoms with Crippen molar-refractivity contribution in [2.24, 2.45) is 7.05 Å². The number of nitrogens with one attached hydrogen (secondary N) is 1. The number of halogens is 3. The molecular weight excluding hydrogens is 581 g/mol. The van der Waals surface area contributed by atoms with Crippen LogP contribution < -0.4 is 29.1 Å². The third-order valence-electron chi connectivity index (χ3n) is 4.49. The molecule has 1 heterocycles. The number of quaternary nitrogens is 1. The van der Waals surface area contributed by atoms with Gasteiger partial charge in [-0.15, -0.1) is 23.2 Å². The SMILES string of the molecule is Cn1c(COP(=O)(NCCCCC[N+](C)(C)C)N(CCCl)CCCl)cnc1[N+](=O)[O-].[I-]. The number of unbranched alkanes of at least 4 members (excludes halogenated alkanes) is 2. The van der Waals surface area contributed by atoms with E-state index >= 15 is 0 Å². The molecule has 1 aromatic rings. The first-order valence-corrected chi connectivity index (χ1v) is 12.5. The minimum atomic E-state index is -3.44. The van der Waals surface area contributed by atoms with Crippen LogP contribution in [0.25, 0.3) is 0 Å². The third kappa shape index (κ3) is 11.1. The minimum absolute atomic E-state index is 0. The summed E-state index contributed by atoms with van der Waals surface area (Å²) < 4.78 is 23.2. The maximum absolute atomic E-state index is 13.6. The molecule has 0 fully saturated rings. The molecule has 0 amide bonds. The van der Waals surface area contributed by atoms with Gasteiger partial charge in [0.15, 0.2) is 0 Å². The molecule has 31 heavy (non-hydrogen) atoms. The smallest absolute Gasteiger partial charge is 0.434 e. The van der Waals surface area contributed by atoms with E-state index in [2.05, 4.69) is 31.2 Å². The Morgan fingerprint density at radius 1 is 1.26 bits per heavy atom. The number of alkyl halides is 2. The zero-order chi connectivity index (χ0) is 22.8. The molecule has 0 saturated carbocycles. The van der Waals surface area contributed by atoms with Crippen molar-refractivity contribution in [1.82, 2.24) is 19.3 Å². The number of nitro groups is 1. The topological polar surface area (TPSA) is 103 Å². The van der Waals surface area contributed by atoms with Crippen LogP contribution in [-0.2, 0) is 22.7 Å². The second-order valence-corrected chi connectivity index (χ2v) is 10.9. The van der Waals surface area contributed by atoms with Gasteiger partial charge in [-0.25, -0.2) is 14.3 Å². The van der Waals surface area contributed by atoms with E-state index in [1.807, 2.05) is 0 Å². The first-order valence-electron chi connectivity index (χ1n) is 9.86. The van der Waals surface area contributed by atoms with Crippen molar-refractivity contribution in [1.29, 1.82) is 0 Å². The van der Waals surface area contributed by atoms with Gasteiger partial charge in [0.1, 0.15) is 18.5 Å². The molecule has 1 unspecified atom stereocenters. The summed E-state index contributed by atoms with van der Waals surface area (Å²) in [5.74, 6) is 0.242. The van der Waals surface area contributed by atoms with E-state index in [1.54, 1.807) is 4.67 Å². The lowest BCUT2D eigenvalue weighted by Gasteiger charge is -2.30. The summed E-state index contributed by atoms with van der Waals surface area (Å²) in [6.07, 6.45) is 4.27. The van der Waals surface area contributed by atoms with Crippen LogP contribution >= 0.6 is 30.9 Å². The fourth-order valence-corrected chi connectivity index (χ4v) is 5.37. The van der Waals surface area contributed by atoms with Crippen LogP contribution in [0.5, 0.6) is 0 Å². The van der Waals surface area contributed by atoms with E-state index in [9.17, 15) is 14.7 Å². The maximum Gasteiger partial charge on any atom is 0.434 e. The average Bonchev–Trinajstić information content (AvgIpc) is 3.02. The van der Waals surface area contributed by atoms with Crippen LogP contribution in [0, 0.1) is 10.1 Å². The van der Waals surface area contributed by atoms with Crippen LogP contribution in [0.2, 0.25) is 0 Å². The highest BCUT2D eigenvalue weighted by Gasteiger charge is 2.32. The van der Waals surface area contributed by atoms with Gasteiger partial charge in [-0.1, -0.05) is 4.98 Å². The number of aromatic nitrogens is 2. The molecule has 182 valence electrons. The summed E-state index contributed by atoms with van der Waals surface area (Å²) in [4.78, 5) is 14.2. The van der Waals surface area contributed by atoms with E-state index in [4.69, 9.17) is 27.7 Å². The standard InChI is InChI=1S/C17H34Cl2N6O4P.HI/c1-22-16(14-20-17(22)24(26)27)15-29-30(28,23(11-8-18)12-9-19)21-10-6-5-7-13-25(2,3)4;/h14H,5-13,15H2,1-4H3,(H,21,28);1H/q+1;/p-1. The lowest BCUT2D eigenvalue weighted by Crippen LogP contribution is -3.00. The summed E-state index contributed by atoms with van der Waals surface area (Å²) in [6.45, 7) is 2.17. The van der Waals surface area contributed by atoms with E-state index in [-0.39, 0.29) is 48.3 Å². The van der Waals surface area contributed by atoms with Crippen molar-refractivity contribution in [3.05, 3.63) is 22.0 Å². The van der Waals surface area contributed by atoms with Gasteiger partial charge in [-0.2, -0.15) is 0 Å². The number of hydrogen-bond donors (Lipinski definition) is 1. The minimum Gasteiger partial charge on any atom is -1.00 e. The molecule has 0 aliphatic heterocycles. The molecule has 0 radical (unpaired) electrons. The summed E-state index contributed by atoms with van der Waals surface area (Å²) in [5, 5.41) is 14.0. The number of imidazole rings is 1. The van der Waals surface area contributed by atoms with E-state index in [1.165, 1.54) is 17.8 Å². The Bertz CT molecular complexity index is 713. The molecule has 0 aliphatic rings. The first-order chi connectivity index (χ1) is 14.0. The molecular formula is C17H34Cl2IN6O4P. The summed E-state index contributed by atoms with van der Waals surface area (Å²) in [5.41, 5.74) is 0.448. The molecule has 1 atom stereocenters. The van der Waals surface area contributed by atoms with Crippen molar-refractivity contribution < 1.29 is 42.5 Å². The lowest BCUT2D eigenvalue weighted by molar-refractivity contribution is -0.870.